The van der Waals surface area contributed by atoms with E-state index in [-0.39, 0.29) is 11.9 Å². The first-order chi connectivity index (χ1) is 14.0. The van der Waals surface area contributed by atoms with Crippen molar-refractivity contribution in [3.63, 3.8) is 0 Å². The number of nitrogens with zero attached hydrogens (tertiary/aromatic N) is 3. The van der Waals surface area contributed by atoms with Crippen LogP contribution < -0.4 is 10.5 Å². The Hall–Kier alpha value is -2.86. The number of benzene rings is 1. The molecule has 29 heavy (non-hydrogen) atoms. The Labute approximate surface area is 171 Å². The first kappa shape index (κ1) is 19.5. The van der Waals surface area contributed by atoms with Crippen molar-refractivity contribution < 1.29 is 9.53 Å². The molecule has 6 heteroatoms. The number of rotatable bonds is 5. The molecule has 3 aromatic rings. The lowest BCUT2D eigenvalue weighted by Crippen LogP contribution is -2.45. The normalized spacial score (nSPS) is 18.0. The first-order valence-corrected chi connectivity index (χ1v) is 10.2. The molecule has 1 saturated heterocycles. The van der Waals surface area contributed by atoms with E-state index >= 15 is 0 Å². The largest absolute Gasteiger partial charge is 0.487 e. The van der Waals surface area contributed by atoms with Crippen LogP contribution in [0.25, 0.3) is 5.65 Å². The van der Waals surface area contributed by atoms with Gasteiger partial charge in [-0.15, -0.1) is 0 Å². The van der Waals surface area contributed by atoms with Gasteiger partial charge in [0.25, 0.3) is 5.91 Å². The monoisotopic (exact) mass is 392 g/mol. The van der Waals surface area contributed by atoms with Gasteiger partial charge in [-0.1, -0.05) is 12.1 Å². The number of carbonyl (C=O) groups is 1. The van der Waals surface area contributed by atoms with Gasteiger partial charge < -0.3 is 19.8 Å². The number of aromatic nitrogens is 2. The molecule has 4 rings (SSSR count). The van der Waals surface area contributed by atoms with Gasteiger partial charge in [-0.3, -0.25) is 4.79 Å². The molecule has 1 aliphatic heterocycles. The number of aryl methyl sites for hydroxylation is 1. The number of hydrogen-bond acceptors (Lipinski definition) is 4. The van der Waals surface area contributed by atoms with Crippen LogP contribution in [0.4, 0.5) is 0 Å². The maximum atomic E-state index is 13.0. The molecule has 1 fully saturated rings. The zero-order valence-electron chi connectivity index (χ0n) is 17.0. The van der Waals surface area contributed by atoms with Crippen LogP contribution in [0.5, 0.6) is 5.75 Å². The van der Waals surface area contributed by atoms with Crippen LogP contribution in [-0.4, -0.2) is 39.3 Å². The fraction of sp³-hybridized carbons (Fsp3) is 0.391. The summed E-state index contributed by atoms with van der Waals surface area (Å²) in [6.45, 7) is 5.94. The highest BCUT2D eigenvalue weighted by atomic mass is 16.5. The summed E-state index contributed by atoms with van der Waals surface area (Å²) in [5, 5.41) is 0. The number of imidazole rings is 1. The third kappa shape index (κ3) is 4.43. The fourth-order valence-electron chi connectivity index (χ4n) is 3.91. The Morgan fingerprint density at radius 2 is 2.17 bits per heavy atom. The Bertz CT molecular complexity index is 1010. The van der Waals surface area contributed by atoms with E-state index < -0.39 is 0 Å². The second-order valence-electron chi connectivity index (χ2n) is 8.03. The molecular formula is C23H28N4O2. The van der Waals surface area contributed by atoms with Gasteiger partial charge in [-0.2, -0.15) is 0 Å². The highest BCUT2D eigenvalue weighted by Gasteiger charge is 2.26. The Kier molecular flexibility index (Phi) is 5.53. The van der Waals surface area contributed by atoms with Crippen molar-refractivity contribution in [2.24, 2.45) is 11.7 Å². The minimum Gasteiger partial charge on any atom is -0.487 e. The molecule has 1 aliphatic rings. The second-order valence-corrected chi connectivity index (χ2v) is 8.03. The Balaban J connectivity index is 1.43. The number of nitrogens with two attached hydrogens (primary N) is 1. The van der Waals surface area contributed by atoms with Gasteiger partial charge in [0.05, 0.1) is 5.69 Å². The minimum atomic E-state index is 0.0454. The number of amides is 1. The van der Waals surface area contributed by atoms with E-state index in [0.717, 1.165) is 37.3 Å². The Morgan fingerprint density at radius 1 is 1.31 bits per heavy atom. The molecule has 1 amide bonds. The summed E-state index contributed by atoms with van der Waals surface area (Å²) >= 11 is 0. The lowest BCUT2D eigenvalue weighted by atomic mass is 9.92. The van der Waals surface area contributed by atoms with E-state index in [0.29, 0.717) is 23.8 Å². The zero-order valence-corrected chi connectivity index (χ0v) is 17.0. The van der Waals surface area contributed by atoms with Gasteiger partial charge in [-0.05, 0) is 62.4 Å². The molecule has 0 saturated carbocycles. The summed E-state index contributed by atoms with van der Waals surface area (Å²) in [4.78, 5) is 19.5. The maximum Gasteiger partial charge on any atom is 0.253 e. The number of fused-ring (bicyclic) bond motifs is 1. The summed E-state index contributed by atoms with van der Waals surface area (Å²) in [5.74, 6) is 1.08. The fourth-order valence-corrected chi connectivity index (χ4v) is 3.91. The van der Waals surface area contributed by atoms with Crippen molar-refractivity contribution in [1.29, 1.82) is 0 Å². The van der Waals surface area contributed by atoms with Crippen molar-refractivity contribution in [1.82, 2.24) is 14.3 Å². The molecule has 0 radical (unpaired) electrons. The molecule has 0 spiro atoms. The molecule has 2 atom stereocenters. The quantitative estimate of drug-likeness (QED) is 0.722. The number of ether oxygens (including phenoxy) is 1. The van der Waals surface area contributed by atoms with Crippen LogP contribution in [0.15, 0.2) is 48.8 Å². The summed E-state index contributed by atoms with van der Waals surface area (Å²) in [5.41, 5.74) is 9.63. The molecular weight excluding hydrogens is 364 g/mol. The van der Waals surface area contributed by atoms with Crippen LogP contribution in [0, 0.1) is 12.8 Å². The third-order valence-electron chi connectivity index (χ3n) is 5.61. The lowest BCUT2D eigenvalue weighted by molar-refractivity contribution is 0.0660. The van der Waals surface area contributed by atoms with Gasteiger partial charge in [0.1, 0.15) is 18.0 Å². The predicted molar refractivity (Wildman–Crippen MR) is 113 cm³/mol. The molecule has 0 aliphatic carbocycles. The number of pyridine rings is 1. The predicted octanol–water partition coefficient (Wildman–Crippen LogP) is 3.42. The van der Waals surface area contributed by atoms with E-state index in [9.17, 15) is 4.79 Å². The van der Waals surface area contributed by atoms with Crippen molar-refractivity contribution in [3.05, 3.63) is 65.6 Å². The molecule has 2 unspecified atom stereocenters. The lowest BCUT2D eigenvalue weighted by Gasteiger charge is -2.34. The summed E-state index contributed by atoms with van der Waals surface area (Å²) in [6, 6.07) is 11.5. The average molecular weight is 393 g/mol. The smallest absolute Gasteiger partial charge is 0.253 e. The number of likely N-dealkylation sites (tertiary alicyclic amines) is 1. The highest BCUT2D eigenvalue weighted by Crippen LogP contribution is 2.22. The zero-order chi connectivity index (χ0) is 20.4. The molecule has 6 nitrogen and oxygen atoms in total. The summed E-state index contributed by atoms with van der Waals surface area (Å²) < 4.78 is 7.92. The first-order valence-electron chi connectivity index (χ1n) is 10.2. The second kappa shape index (κ2) is 8.25. The van der Waals surface area contributed by atoms with Gasteiger partial charge >= 0.3 is 0 Å². The van der Waals surface area contributed by atoms with Crippen molar-refractivity contribution in [3.8, 4) is 5.75 Å². The van der Waals surface area contributed by atoms with Crippen molar-refractivity contribution >= 4 is 11.6 Å². The molecule has 0 bridgehead atoms. The number of carbonyl (C=O) groups excluding carboxylic acids is 1. The standard InChI is InChI=1S/C23H28N4O2/c1-16-8-9-22-25-20(14-27(22)12-16)15-29-21-7-3-5-18(11-21)23(28)26-10-4-6-19(13-26)17(2)24/h3,5,7-9,11-12,14,17,19H,4,6,10,13,15,24H2,1-2H3. The topological polar surface area (TPSA) is 72.9 Å². The highest BCUT2D eigenvalue weighted by molar-refractivity contribution is 5.94. The molecule has 1 aromatic carbocycles. The van der Waals surface area contributed by atoms with Gasteiger partial charge in [0.2, 0.25) is 0 Å². The number of hydrogen-bond donors (Lipinski definition) is 1. The van der Waals surface area contributed by atoms with Crippen molar-refractivity contribution in [2.45, 2.75) is 39.3 Å². The minimum absolute atomic E-state index is 0.0454. The average Bonchev–Trinajstić information content (AvgIpc) is 3.14. The van der Waals surface area contributed by atoms with E-state index in [1.54, 1.807) is 0 Å². The van der Waals surface area contributed by atoms with Crippen LogP contribution in [0.2, 0.25) is 0 Å². The molecule has 152 valence electrons. The van der Waals surface area contributed by atoms with E-state index in [2.05, 4.69) is 11.9 Å². The van der Waals surface area contributed by atoms with Crippen molar-refractivity contribution in [2.75, 3.05) is 13.1 Å². The van der Waals surface area contributed by atoms with E-state index in [1.165, 1.54) is 5.56 Å². The van der Waals surface area contributed by atoms with E-state index in [4.69, 9.17) is 10.5 Å². The maximum absolute atomic E-state index is 13.0. The molecule has 2 N–H and O–H groups in total. The molecule has 3 heterocycles. The SMILES string of the molecule is Cc1ccc2nc(COc3cccc(C(=O)N4CCCC(C(C)N)C4)c3)cn2c1. The van der Waals surface area contributed by atoms with Gasteiger partial charge in [0.15, 0.2) is 0 Å². The molecule has 2 aromatic heterocycles. The number of piperidine rings is 1. The van der Waals surface area contributed by atoms with Crippen LogP contribution >= 0.6 is 0 Å². The van der Waals surface area contributed by atoms with Crippen LogP contribution in [0.3, 0.4) is 0 Å². The summed E-state index contributed by atoms with van der Waals surface area (Å²) in [6.07, 6.45) is 6.10. The van der Waals surface area contributed by atoms with Gasteiger partial charge in [0, 0.05) is 37.1 Å². The Morgan fingerprint density at radius 3 is 3.00 bits per heavy atom. The third-order valence-corrected chi connectivity index (χ3v) is 5.61. The van der Waals surface area contributed by atoms with E-state index in [1.807, 2.05) is 65.0 Å². The van der Waals surface area contributed by atoms with Gasteiger partial charge in [-0.25, -0.2) is 4.98 Å². The van der Waals surface area contributed by atoms with Crippen LogP contribution in [-0.2, 0) is 6.61 Å². The van der Waals surface area contributed by atoms with Crippen LogP contribution in [0.1, 0.15) is 41.4 Å². The summed E-state index contributed by atoms with van der Waals surface area (Å²) in [7, 11) is 0.